The van der Waals surface area contributed by atoms with Gasteiger partial charge in [-0.1, -0.05) is 11.6 Å². The lowest BCUT2D eigenvalue weighted by Crippen LogP contribution is -2.18. The van der Waals surface area contributed by atoms with Crippen LogP contribution in [0.4, 0.5) is 11.5 Å². The average molecular weight is 369 g/mol. The maximum atomic E-state index is 12.9. The van der Waals surface area contributed by atoms with Gasteiger partial charge in [0.15, 0.2) is 5.82 Å². The Morgan fingerprint density at radius 2 is 1.81 bits per heavy atom. The highest BCUT2D eigenvalue weighted by Gasteiger charge is 2.16. The summed E-state index contributed by atoms with van der Waals surface area (Å²) in [5, 5.41) is 3.32. The number of hydrogen-bond donors (Lipinski definition) is 1. The van der Waals surface area contributed by atoms with Crippen molar-refractivity contribution in [3.05, 3.63) is 70.6 Å². The number of hydrogen-bond acceptors (Lipinski definition) is 3. The lowest BCUT2D eigenvalue weighted by atomic mass is 10.1. The van der Waals surface area contributed by atoms with Crippen molar-refractivity contribution in [3.63, 3.8) is 0 Å². The van der Waals surface area contributed by atoms with Gasteiger partial charge in [-0.15, -0.1) is 0 Å². The van der Waals surface area contributed by atoms with Gasteiger partial charge in [0.2, 0.25) is 0 Å². The molecule has 3 rings (SSSR count). The summed E-state index contributed by atoms with van der Waals surface area (Å²) in [6.45, 7) is 4.06. The van der Waals surface area contributed by atoms with Crippen LogP contribution in [-0.2, 0) is 0 Å². The molecule has 134 valence electrons. The molecule has 0 aliphatic rings. The number of rotatable bonds is 4. The largest absolute Gasteiger partial charge is 0.361 e. The maximum absolute atomic E-state index is 12.9. The number of amides is 1. The summed E-state index contributed by atoms with van der Waals surface area (Å²) in [6.07, 6.45) is 1.69. The first-order valence-corrected chi connectivity index (χ1v) is 8.65. The van der Waals surface area contributed by atoms with Crippen molar-refractivity contribution in [2.24, 2.45) is 0 Å². The van der Waals surface area contributed by atoms with Gasteiger partial charge in [-0.05, 0) is 56.3 Å². The van der Waals surface area contributed by atoms with Crippen molar-refractivity contribution >= 4 is 29.0 Å². The number of halogens is 1. The fraction of sp³-hybridized carbons (Fsp3) is 0.200. The molecule has 0 spiro atoms. The second kappa shape index (κ2) is 7.22. The lowest BCUT2D eigenvalue weighted by Gasteiger charge is -2.17. The minimum atomic E-state index is -0.268. The monoisotopic (exact) mass is 368 g/mol. The Bertz CT molecular complexity index is 943. The Morgan fingerprint density at radius 3 is 2.46 bits per heavy atom. The second-order valence-electron chi connectivity index (χ2n) is 6.34. The Kier molecular flexibility index (Phi) is 5.00. The quantitative estimate of drug-likeness (QED) is 0.739. The smallest absolute Gasteiger partial charge is 0.257 e. The molecule has 2 aromatic heterocycles. The van der Waals surface area contributed by atoms with Crippen molar-refractivity contribution in [1.29, 1.82) is 0 Å². The number of nitrogens with one attached hydrogen (secondary N) is 1. The minimum absolute atomic E-state index is 0.268. The highest BCUT2D eigenvalue weighted by atomic mass is 35.5. The topological polar surface area (TPSA) is 50.2 Å². The van der Waals surface area contributed by atoms with E-state index in [9.17, 15) is 4.79 Å². The molecule has 1 N–H and O–H groups in total. The summed E-state index contributed by atoms with van der Waals surface area (Å²) in [6, 6.07) is 13.2. The molecule has 0 saturated heterocycles. The number of carbonyl (C=O) groups excluding carboxylic acids is 1. The number of aryl methyl sites for hydroxylation is 2. The molecule has 2 heterocycles. The molecule has 0 aliphatic carbocycles. The molecular formula is C20H21ClN4O. The lowest BCUT2D eigenvalue weighted by molar-refractivity contribution is 0.102. The zero-order valence-corrected chi connectivity index (χ0v) is 16.0. The molecule has 0 atom stereocenters. The number of carbonyl (C=O) groups is 1. The molecule has 3 aromatic rings. The van der Waals surface area contributed by atoms with Crippen LogP contribution in [0.15, 0.2) is 48.7 Å². The van der Waals surface area contributed by atoms with E-state index in [0.29, 0.717) is 22.1 Å². The molecule has 6 heteroatoms. The number of anilines is 2. The third-order valence-corrected chi connectivity index (χ3v) is 4.51. The SMILES string of the molecule is Cc1ccc(C)n1-c1ccc(Cl)c(C(=O)Nc2cccnc2N(C)C)c1. The normalized spacial score (nSPS) is 10.7. The molecule has 0 fully saturated rings. The van der Waals surface area contributed by atoms with Gasteiger partial charge in [-0.2, -0.15) is 0 Å². The molecule has 0 aliphatic heterocycles. The van der Waals surface area contributed by atoms with Gasteiger partial charge in [0, 0.05) is 37.4 Å². The van der Waals surface area contributed by atoms with Gasteiger partial charge in [-0.3, -0.25) is 4.79 Å². The third-order valence-electron chi connectivity index (χ3n) is 4.18. The highest BCUT2D eigenvalue weighted by Crippen LogP contribution is 2.26. The van der Waals surface area contributed by atoms with Crippen molar-refractivity contribution < 1.29 is 4.79 Å². The van der Waals surface area contributed by atoms with Crippen LogP contribution in [-0.4, -0.2) is 29.6 Å². The van der Waals surface area contributed by atoms with Crippen molar-refractivity contribution in [2.45, 2.75) is 13.8 Å². The summed E-state index contributed by atoms with van der Waals surface area (Å²) in [4.78, 5) is 19.0. The predicted molar refractivity (Wildman–Crippen MR) is 107 cm³/mol. The Hall–Kier alpha value is -2.79. The van der Waals surface area contributed by atoms with E-state index < -0.39 is 0 Å². The molecule has 0 saturated carbocycles. The predicted octanol–water partition coefficient (Wildman–Crippen LogP) is 4.46. The van der Waals surface area contributed by atoms with Gasteiger partial charge >= 0.3 is 0 Å². The van der Waals surface area contributed by atoms with Crippen molar-refractivity contribution in [2.75, 3.05) is 24.3 Å². The molecule has 5 nitrogen and oxygen atoms in total. The average Bonchev–Trinajstić information content (AvgIpc) is 2.94. The molecule has 0 radical (unpaired) electrons. The van der Waals surface area contributed by atoms with Crippen molar-refractivity contribution in [3.8, 4) is 5.69 Å². The molecule has 0 unspecified atom stereocenters. The zero-order valence-electron chi connectivity index (χ0n) is 15.2. The number of nitrogens with zero attached hydrogens (tertiary/aromatic N) is 3. The Balaban J connectivity index is 1.97. The first-order valence-electron chi connectivity index (χ1n) is 8.27. The summed E-state index contributed by atoms with van der Waals surface area (Å²) in [5.74, 6) is 0.417. The van der Waals surface area contributed by atoms with Crippen LogP contribution in [0.2, 0.25) is 5.02 Å². The second-order valence-corrected chi connectivity index (χ2v) is 6.75. The third kappa shape index (κ3) is 3.44. The van der Waals surface area contributed by atoms with E-state index in [1.807, 2.05) is 63.2 Å². The van der Waals surface area contributed by atoms with E-state index in [1.54, 1.807) is 18.3 Å². The van der Waals surface area contributed by atoms with Gasteiger partial charge in [0.25, 0.3) is 5.91 Å². The molecular weight excluding hydrogens is 348 g/mol. The fourth-order valence-corrected chi connectivity index (χ4v) is 3.15. The van der Waals surface area contributed by atoms with E-state index in [2.05, 4.69) is 14.9 Å². The Morgan fingerprint density at radius 1 is 1.12 bits per heavy atom. The number of pyridine rings is 1. The molecule has 0 bridgehead atoms. The van der Waals surface area contributed by atoms with Crippen LogP contribution in [0.25, 0.3) is 5.69 Å². The van der Waals surface area contributed by atoms with Crippen LogP contribution >= 0.6 is 11.6 Å². The maximum Gasteiger partial charge on any atom is 0.257 e. The molecule has 1 amide bonds. The Labute approximate surface area is 158 Å². The van der Waals surface area contributed by atoms with Crippen LogP contribution in [0.3, 0.4) is 0 Å². The van der Waals surface area contributed by atoms with Crippen LogP contribution in [0.1, 0.15) is 21.7 Å². The standard InChI is InChI=1S/C20H21ClN4O/c1-13-7-8-14(2)25(13)15-9-10-17(21)16(12-15)20(26)23-18-6-5-11-22-19(18)24(3)4/h5-12H,1-4H3,(H,23,26). The molecule has 26 heavy (non-hydrogen) atoms. The summed E-state index contributed by atoms with van der Waals surface area (Å²) >= 11 is 6.30. The van der Waals surface area contributed by atoms with E-state index in [0.717, 1.165) is 17.1 Å². The van der Waals surface area contributed by atoms with E-state index >= 15 is 0 Å². The zero-order chi connectivity index (χ0) is 18.8. The van der Waals surface area contributed by atoms with Crippen LogP contribution in [0.5, 0.6) is 0 Å². The number of benzene rings is 1. The summed E-state index contributed by atoms with van der Waals surface area (Å²) in [7, 11) is 3.76. The van der Waals surface area contributed by atoms with E-state index in [-0.39, 0.29) is 5.91 Å². The fourth-order valence-electron chi connectivity index (χ4n) is 2.94. The van der Waals surface area contributed by atoms with Crippen LogP contribution < -0.4 is 10.2 Å². The highest BCUT2D eigenvalue weighted by molar-refractivity contribution is 6.34. The van der Waals surface area contributed by atoms with Crippen LogP contribution in [0, 0.1) is 13.8 Å². The van der Waals surface area contributed by atoms with Gasteiger partial charge in [0.05, 0.1) is 16.3 Å². The van der Waals surface area contributed by atoms with Gasteiger partial charge in [-0.25, -0.2) is 4.98 Å². The van der Waals surface area contributed by atoms with Gasteiger partial charge in [0.1, 0.15) is 0 Å². The minimum Gasteiger partial charge on any atom is -0.361 e. The first kappa shape index (κ1) is 18.0. The summed E-state index contributed by atoms with van der Waals surface area (Å²) < 4.78 is 2.09. The first-order chi connectivity index (χ1) is 12.4. The molecule has 1 aromatic carbocycles. The summed E-state index contributed by atoms with van der Waals surface area (Å²) in [5.41, 5.74) is 4.15. The van der Waals surface area contributed by atoms with Crippen molar-refractivity contribution in [1.82, 2.24) is 9.55 Å². The number of aromatic nitrogens is 2. The van der Waals surface area contributed by atoms with E-state index in [1.165, 1.54) is 0 Å². The van der Waals surface area contributed by atoms with E-state index in [4.69, 9.17) is 11.6 Å². The van der Waals surface area contributed by atoms with Gasteiger partial charge < -0.3 is 14.8 Å².